The van der Waals surface area contributed by atoms with Crippen LogP contribution in [0.15, 0.2) is 0 Å². The van der Waals surface area contributed by atoms with Crippen molar-refractivity contribution in [2.45, 2.75) is 64.3 Å². The summed E-state index contributed by atoms with van der Waals surface area (Å²) in [5.41, 5.74) is 0. The average molecular weight is 284 g/mol. The number of piperidine rings is 1. The molecule has 0 saturated carbocycles. The summed E-state index contributed by atoms with van der Waals surface area (Å²) >= 11 is 0. The summed E-state index contributed by atoms with van der Waals surface area (Å²) in [7, 11) is 0. The summed E-state index contributed by atoms with van der Waals surface area (Å²) in [6, 6.07) is -0.563. The molecule has 0 aromatic heterocycles. The standard InChI is InChI=1S/C15H28N2O3/c1-2-3-5-8-14(19)16-13(9-12-18)15(20)17-10-6-4-7-11-17/h13,18H,2-12H2,1H3,(H,16,19)/t13-/m0/s1. The molecule has 5 nitrogen and oxygen atoms in total. The molecule has 0 unspecified atom stereocenters. The van der Waals surface area contributed by atoms with Crippen molar-refractivity contribution in [3.8, 4) is 0 Å². The van der Waals surface area contributed by atoms with E-state index in [1.54, 1.807) is 0 Å². The van der Waals surface area contributed by atoms with Gasteiger partial charge in [-0.3, -0.25) is 9.59 Å². The van der Waals surface area contributed by atoms with E-state index in [9.17, 15) is 9.59 Å². The first kappa shape index (κ1) is 17.0. The highest BCUT2D eigenvalue weighted by atomic mass is 16.3. The first-order valence-corrected chi connectivity index (χ1v) is 7.88. The van der Waals surface area contributed by atoms with Gasteiger partial charge in [-0.2, -0.15) is 0 Å². The Morgan fingerprint density at radius 1 is 1.20 bits per heavy atom. The van der Waals surface area contributed by atoms with Crippen LogP contribution in [-0.2, 0) is 9.59 Å². The third kappa shape index (κ3) is 5.90. The number of carbonyl (C=O) groups is 2. The minimum absolute atomic E-state index is 0.0393. The van der Waals surface area contributed by atoms with Gasteiger partial charge < -0.3 is 15.3 Å². The molecule has 0 spiro atoms. The van der Waals surface area contributed by atoms with Gasteiger partial charge in [0.1, 0.15) is 6.04 Å². The van der Waals surface area contributed by atoms with Crippen LogP contribution in [0.1, 0.15) is 58.3 Å². The molecule has 1 rings (SSSR count). The predicted octanol–water partition coefficient (Wildman–Crippen LogP) is 1.45. The van der Waals surface area contributed by atoms with E-state index >= 15 is 0 Å². The van der Waals surface area contributed by atoms with Gasteiger partial charge in [0.25, 0.3) is 0 Å². The molecule has 0 aliphatic carbocycles. The van der Waals surface area contributed by atoms with E-state index in [0.29, 0.717) is 12.8 Å². The molecule has 20 heavy (non-hydrogen) atoms. The largest absolute Gasteiger partial charge is 0.396 e. The van der Waals surface area contributed by atoms with Crippen molar-refractivity contribution in [1.29, 1.82) is 0 Å². The zero-order valence-corrected chi connectivity index (χ0v) is 12.6. The van der Waals surface area contributed by atoms with Crippen LogP contribution in [0.5, 0.6) is 0 Å². The van der Waals surface area contributed by atoms with Gasteiger partial charge in [0.15, 0.2) is 0 Å². The number of rotatable bonds is 8. The Hall–Kier alpha value is -1.10. The van der Waals surface area contributed by atoms with Gasteiger partial charge >= 0.3 is 0 Å². The fourth-order valence-corrected chi connectivity index (χ4v) is 2.52. The van der Waals surface area contributed by atoms with Gasteiger partial charge in [-0.15, -0.1) is 0 Å². The summed E-state index contributed by atoms with van der Waals surface area (Å²) in [4.78, 5) is 26.0. The zero-order valence-electron chi connectivity index (χ0n) is 12.6. The van der Waals surface area contributed by atoms with Crippen LogP contribution in [0.4, 0.5) is 0 Å². The van der Waals surface area contributed by atoms with Crippen molar-refractivity contribution >= 4 is 11.8 Å². The molecule has 5 heteroatoms. The third-order valence-electron chi connectivity index (χ3n) is 3.73. The molecule has 1 atom stereocenters. The van der Waals surface area contributed by atoms with Gasteiger partial charge in [-0.05, 0) is 32.1 Å². The van der Waals surface area contributed by atoms with Gasteiger partial charge in [0.05, 0.1) is 0 Å². The summed E-state index contributed by atoms with van der Waals surface area (Å²) in [6.07, 6.45) is 6.93. The van der Waals surface area contributed by atoms with Crippen LogP contribution in [0, 0.1) is 0 Å². The number of amides is 2. The molecular formula is C15H28N2O3. The second kappa shape index (κ2) is 9.75. The predicted molar refractivity (Wildman–Crippen MR) is 78.2 cm³/mol. The number of nitrogens with zero attached hydrogens (tertiary/aromatic N) is 1. The Bertz CT molecular complexity index is 301. The SMILES string of the molecule is CCCCCC(=O)N[C@@H](CCO)C(=O)N1CCCCC1. The van der Waals surface area contributed by atoms with Crippen LogP contribution in [0.25, 0.3) is 0 Å². The van der Waals surface area contributed by atoms with E-state index in [4.69, 9.17) is 5.11 Å². The first-order chi connectivity index (χ1) is 9.69. The molecule has 0 radical (unpaired) electrons. The first-order valence-electron chi connectivity index (χ1n) is 7.88. The summed E-state index contributed by atoms with van der Waals surface area (Å²) in [5, 5.41) is 11.9. The molecule has 1 aliphatic heterocycles. The molecule has 1 aliphatic rings. The van der Waals surface area contributed by atoms with Gasteiger partial charge in [-0.1, -0.05) is 19.8 Å². The quantitative estimate of drug-likeness (QED) is 0.663. The third-order valence-corrected chi connectivity index (χ3v) is 3.73. The minimum Gasteiger partial charge on any atom is -0.396 e. The van der Waals surface area contributed by atoms with E-state index in [-0.39, 0.29) is 18.4 Å². The maximum atomic E-state index is 12.4. The fraction of sp³-hybridized carbons (Fsp3) is 0.867. The number of aliphatic hydroxyl groups excluding tert-OH is 1. The van der Waals surface area contributed by atoms with Crippen molar-refractivity contribution in [3.05, 3.63) is 0 Å². The number of carbonyl (C=O) groups excluding carboxylic acids is 2. The molecule has 0 bridgehead atoms. The van der Waals surface area contributed by atoms with Gasteiger partial charge in [0, 0.05) is 26.1 Å². The Balaban J connectivity index is 2.45. The van der Waals surface area contributed by atoms with E-state index in [0.717, 1.165) is 51.6 Å². The topological polar surface area (TPSA) is 69.6 Å². The molecule has 1 fully saturated rings. The van der Waals surface area contributed by atoms with E-state index in [2.05, 4.69) is 12.2 Å². The minimum atomic E-state index is -0.563. The molecule has 2 N–H and O–H groups in total. The lowest BCUT2D eigenvalue weighted by molar-refractivity contribution is -0.137. The average Bonchev–Trinajstić information content (AvgIpc) is 2.47. The van der Waals surface area contributed by atoms with Crippen LogP contribution in [0.2, 0.25) is 0 Å². The van der Waals surface area contributed by atoms with Crippen molar-refractivity contribution in [2.24, 2.45) is 0 Å². The molecule has 116 valence electrons. The number of aliphatic hydroxyl groups is 1. The number of hydrogen-bond donors (Lipinski definition) is 2. The zero-order chi connectivity index (χ0) is 14.8. The van der Waals surface area contributed by atoms with Crippen LogP contribution in [-0.4, -0.2) is 47.6 Å². The van der Waals surface area contributed by atoms with E-state index in [1.807, 2.05) is 4.90 Å². The van der Waals surface area contributed by atoms with Crippen molar-refractivity contribution < 1.29 is 14.7 Å². The molecule has 1 saturated heterocycles. The van der Waals surface area contributed by atoms with Crippen molar-refractivity contribution in [2.75, 3.05) is 19.7 Å². The molecule has 0 aromatic carbocycles. The highest BCUT2D eigenvalue weighted by Gasteiger charge is 2.26. The number of unbranched alkanes of at least 4 members (excludes halogenated alkanes) is 2. The lowest BCUT2D eigenvalue weighted by atomic mass is 10.1. The second-order valence-corrected chi connectivity index (χ2v) is 5.48. The van der Waals surface area contributed by atoms with Crippen LogP contribution >= 0.6 is 0 Å². The smallest absolute Gasteiger partial charge is 0.245 e. The Kier molecular flexibility index (Phi) is 8.26. The van der Waals surface area contributed by atoms with Crippen molar-refractivity contribution in [3.63, 3.8) is 0 Å². The monoisotopic (exact) mass is 284 g/mol. The van der Waals surface area contributed by atoms with Crippen molar-refractivity contribution in [1.82, 2.24) is 10.2 Å². The van der Waals surface area contributed by atoms with Crippen LogP contribution < -0.4 is 5.32 Å². The van der Waals surface area contributed by atoms with Gasteiger partial charge in [-0.25, -0.2) is 0 Å². The normalized spacial score (nSPS) is 16.8. The molecule has 0 aromatic rings. The van der Waals surface area contributed by atoms with E-state index in [1.165, 1.54) is 0 Å². The highest BCUT2D eigenvalue weighted by molar-refractivity contribution is 5.87. The van der Waals surface area contributed by atoms with Crippen LogP contribution in [0.3, 0.4) is 0 Å². The summed E-state index contributed by atoms with van der Waals surface area (Å²) in [6.45, 7) is 3.55. The Labute approximate surface area is 121 Å². The summed E-state index contributed by atoms with van der Waals surface area (Å²) < 4.78 is 0. The summed E-state index contributed by atoms with van der Waals surface area (Å²) in [5.74, 6) is -0.121. The molecular weight excluding hydrogens is 256 g/mol. The number of nitrogens with one attached hydrogen (secondary N) is 1. The lowest BCUT2D eigenvalue weighted by Crippen LogP contribution is -2.50. The maximum Gasteiger partial charge on any atom is 0.245 e. The highest BCUT2D eigenvalue weighted by Crippen LogP contribution is 2.11. The van der Waals surface area contributed by atoms with Gasteiger partial charge in [0.2, 0.25) is 11.8 Å². The Morgan fingerprint density at radius 3 is 2.50 bits per heavy atom. The molecule has 2 amide bonds. The second-order valence-electron chi connectivity index (χ2n) is 5.48. The molecule has 1 heterocycles. The number of hydrogen-bond acceptors (Lipinski definition) is 3. The fourth-order valence-electron chi connectivity index (χ4n) is 2.52. The maximum absolute atomic E-state index is 12.4. The van der Waals surface area contributed by atoms with E-state index < -0.39 is 6.04 Å². The lowest BCUT2D eigenvalue weighted by Gasteiger charge is -2.30. The number of likely N-dealkylation sites (tertiary alicyclic amines) is 1. The Morgan fingerprint density at radius 2 is 1.90 bits per heavy atom.